The first-order valence-corrected chi connectivity index (χ1v) is 7.33. The number of pyridine rings is 1. The molecule has 0 aliphatic carbocycles. The summed E-state index contributed by atoms with van der Waals surface area (Å²) in [4.78, 5) is 3.91. The van der Waals surface area contributed by atoms with Crippen molar-refractivity contribution in [2.45, 2.75) is 26.3 Å². The van der Waals surface area contributed by atoms with Gasteiger partial charge in [0.25, 0.3) is 0 Å². The lowest BCUT2D eigenvalue weighted by Crippen LogP contribution is -2.32. The number of nitrogens with one attached hydrogen (secondary N) is 2. The van der Waals surface area contributed by atoms with Gasteiger partial charge in [0.2, 0.25) is 10.0 Å². The van der Waals surface area contributed by atoms with Crippen LogP contribution in [-0.2, 0) is 10.0 Å². The lowest BCUT2D eigenvalue weighted by molar-refractivity contribution is 0.546. The zero-order valence-corrected chi connectivity index (χ0v) is 11.0. The van der Waals surface area contributed by atoms with Crippen molar-refractivity contribution in [3.8, 4) is 0 Å². The minimum Gasteiger partial charge on any atom is -0.313 e. The smallest absolute Gasteiger partial charge is 0.235 e. The number of rotatable bonds is 7. The topological polar surface area (TPSA) is 71.1 Å². The highest BCUT2D eigenvalue weighted by Gasteiger charge is 2.10. The lowest BCUT2D eigenvalue weighted by atomic mass is 10.3. The van der Waals surface area contributed by atoms with E-state index in [0.717, 1.165) is 6.42 Å². The van der Waals surface area contributed by atoms with Crippen molar-refractivity contribution in [2.75, 3.05) is 17.0 Å². The maximum Gasteiger partial charge on any atom is 0.235 e. The van der Waals surface area contributed by atoms with Gasteiger partial charge in [0.05, 0.1) is 5.75 Å². The van der Waals surface area contributed by atoms with Crippen LogP contribution in [0.1, 0.15) is 20.3 Å². The average Bonchev–Trinajstić information content (AvgIpc) is 2.29. The Kier molecular flexibility index (Phi) is 5.37. The highest BCUT2D eigenvalue weighted by atomic mass is 32.2. The van der Waals surface area contributed by atoms with Crippen molar-refractivity contribution >= 4 is 15.8 Å². The van der Waals surface area contributed by atoms with Gasteiger partial charge < -0.3 is 5.32 Å². The van der Waals surface area contributed by atoms with Crippen LogP contribution in [0.25, 0.3) is 0 Å². The van der Waals surface area contributed by atoms with Crippen molar-refractivity contribution in [3.63, 3.8) is 0 Å². The number of nitrogens with zero attached hydrogens (tertiary/aromatic N) is 1. The summed E-state index contributed by atoms with van der Waals surface area (Å²) in [7, 11) is -3.31. The van der Waals surface area contributed by atoms with Gasteiger partial charge in [-0.05, 0) is 25.5 Å². The third-order valence-electron chi connectivity index (χ3n) is 2.40. The van der Waals surface area contributed by atoms with Crippen LogP contribution >= 0.6 is 0 Å². The predicted molar refractivity (Wildman–Crippen MR) is 69.4 cm³/mol. The fraction of sp³-hybridized carbons (Fsp3) is 0.545. The van der Waals surface area contributed by atoms with Crippen LogP contribution in [0.2, 0.25) is 0 Å². The molecule has 0 saturated carbocycles. The van der Waals surface area contributed by atoms with Gasteiger partial charge in [-0.3, -0.25) is 4.72 Å². The molecule has 96 valence electrons. The van der Waals surface area contributed by atoms with Crippen LogP contribution in [0, 0.1) is 0 Å². The van der Waals surface area contributed by atoms with Crippen molar-refractivity contribution in [3.05, 3.63) is 24.4 Å². The Morgan fingerprint density at radius 2 is 2.18 bits per heavy atom. The number of aromatic nitrogens is 1. The van der Waals surface area contributed by atoms with Crippen LogP contribution in [-0.4, -0.2) is 31.7 Å². The van der Waals surface area contributed by atoms with Gasteiger partial charge in [-0.1, -0.05) is 13.0 Å². The largest absolute Gasteiger partial charge is 0.313 e. The molecule has 0 saturated heterocycles. The molecule has 0 fully saturated rings. The van der Waals surface area contributed by atoms with Gasteiger partial charge in [0, 0.05) is 18.8 Å². The van der Waals surface area contributed by atoms with Gasteiger partial charge in [-0.25, -0.2) is 13.4 Å². The first-order valence-electron chi connectivity index (χ1n) is 5.68. The first kappa shape index (κ1) is 13.9. The maximum absolute atomic E-state index is 11.7. The second-order valence-electron chi connectivity index (χ2n) is 3.90. The molecule has 0 aliphatic heterocycles. The van der Waals surface area contributed by atoms with Gasteiger partial charge >= 0.3 is 0 Å². The summed E-state index contributed by atoms with van der Waals surface area (Å²) < 4.78 is 25.8. The molecule has 0 amide bonds. The Labute approximate surface area is 103 Å². The average molecular weight is 257 g/mol. The van der Waals surface area contributed by atoms with E-state index in [2.05, 4.69) is 21.9 Å². The molecule has 1 rings (SSSR count). The van der Waals surface area contributed by atoms with Gasteiger partial charge in [-0.2, -0.15) is 0 Å². The summed E-state index contributed by atoms with van der Waals surface area (Å²) in [6, 6.07) is 5.43. The van der Waals surface area contributed by atoms with Crippen LogP contribution in [0.3, 0.4) is 0 Å². The Morgan fingerprint density at radius 1 is 1.41 bits per heavy atom. The fourth-order valence-corrected chi connectivity index (χ4v) is 2.15. The molecule has 0 aliphatic rings. The zero-order chi connectivity index (χ0) is 12.7. The van der Waals surface area contributed by atoms with E-state index >= 15 is 0 Å². The second kappa shape index (κ2) is 6.56. The van der Waals surface area contributed by atoms with E-state index < -0.39 is 10.0 Å². The Morgan fingerprint density at radius 3 is 2.76 bits per heavy atom. The standard InChI is InChI=1S/C11H19N3O2S/c1-3-10(2)12-8-9-17(15,16)14-11-6-4-5-7-13-11/h4-7,10,12H,3,8-9H2,1-2H3,(H,13,14). The fourth-order valence-electron chi connectivity index (χ4n) is 1.22. The summed E-state index contributed by atoms with van der Waals surface area (Å²) >= 11 is 0. The second-order valence-corrected chi connectivity index (χ2v) is 5.74. The highest BCUT2D eigenvalue weighted by molar-refractivity contribution is 7.92. The van der Waals surface area contributed by atoms with Crippen molar-refractivity contribution in [2.24, 2.45) is 0 Å². The summed E-state index contributed by atoms with van der Waals surface area (Å²) in [5.74, 6) is 0.407. The Bertz CT molecular complexity index is 420. The van der Waals surface area contributed by atoms with E-state index in [-0.39, 0.29) is 5.75 Å². The van der Waals surface area contributed by atoms with Gasteiger partial charge in [0.15, 0.2) is 0 Å². The third-order valence-corrected chi connectivity index (χ3v) is 3.66. The van der Waals surface area contributed by atoms with Crippen LogP contribution < -0.4 is 10.0 Å². The summed E-state index contributed by atoms with van der Waals surface area (Å²) in [5.41, 5.74) is 0. The van der Waals surface area contributed by atoms with Crippen LogP contribution in [0.4, 0.5) is 5.82 Å². The molecule has 1 atom stereocenters. The molecule has 0 spiro atoms. The predicted octanol–water partition coefficient (Wildman–Crippen LogP) is 1.21. The molecular formula is C11H19N3O2S. The molecule has 0 bridgehead atoms. The van der Waals surface area contributed by atoms with Gasteiger partial charge in [-0.15, -0.1) is 0 Å². The normalized spacial score (nSPS) is 13.3. The zero-order valence-electron chi connectivity index (χ0n) is 10.2. The molecule has 2 N–H and O–H groups in total. The summed E-state index contributed by atoms with van der Waals surface area (Å²) in [5, 5.41) is 3.13. The molecule has 5 nitrogen and oxygen atoms in total. The maximum atomic E-state index is 11.7. The quantitative estimate of drug-likeness (QED) is 0.770. The number of hydrogen-bond donors (Lipinski definition) is 2. The Hall–Kier alpha value is -1.14. The van der Waals surface area contributed by atoms with E-state index in [4.69, 9.17) is 0 Å². The molecule has 1 unspecified atom stereocenters. The highest BCUT2D eigenvalue weighted by Crippen LogP contribution is 2.03. The van der Waals surface area contributed by atoms with Gasteiger partial charge in [0.1, 0.15) is 5.82 Å². The SMILES string of the molecule is CCC(C)NCCS(=O)(=O)Nc1ccccn1. The first-order chi connectivity index (χ1) is 8.03. The molecule has 17 heavy (non-hydrogen) atoms. The van der Waals surface area contributed by atoms with Crippen LogP contribution in [0.15, 0.2) is 24.4 Å². The van der Waals surface area contributed by atoms with Crippen LogP contribution in [0.5, 0.6) is 0 Å². The van der Waals surface area contributed by atoms with E-state index in [0.29, 0.717) is 18.4 Å². The van der Waals surface area contributed by atoms with Crippen molar-refractivity contribution < 1.29 is 8.42 Å². The van der Waals surface area contributed by atoms with E-state index in [9.17, 15) is 8.42 Å². The van der Waals surface area contributed by atoms with Crippen molar-refractivity contribution in [1.82, 2.24) is 10.3 Å². The van der Waals surface area contributed by atoms with E-state index in [1.165, 1.54) is 0 Å². The molecule has 1 aromatic rings. The summed E-state index contributed by atoms with van der Waals surface area (Å²) in [6.07, 6.45) is 2.53. The number of hydrogen-bond acceptors (Lipinski definition) is 4. The molecule has 1 aromatic heterocycles. The minimum absolute atomic E-state index is 0.0495. The number of sulfonamides is 1. The van der Waals surface area contributed by atoms with E-state index in [1.54, 1.807) is 24.4 Å². The van der Waals surface area contributed by atoms with Crippen molar-refractivity contribution in [1.29, 1.82) is 0 Å². The molecule has 1 heterocycles. The molecule has 0 radical (unpaired) electrons. The minimum atomic E-state index is -3.31. The number of anilines is 1. The third kappa shape index (κ3) is 5.65. The Balaban J connectivity index is 2.42. The molecule has 0 aromatic carbocycles. The lowest BCUT2D eigenvalue weighted by Gasteiger charge is -2.11. The monoisotopic (exact) mass is 257 g/mol. The molecular weight excluding hydrogens is 238 g/mol. The summed E-state index contributed by atoms with van der Waals surface area (Å²) in [6.45, 7) is 4.52. The van der Waals surface area contributed by atoms with E-state index in [1.807, 2.05) is 6.92 Å². The molecule has 6 heteroatoms.